The van der Waals surface area contributed by atoms with Gasteiger partial charge in [-0.1, -0.05) is 38.2 Å². The van der Waals surface area contributed by atoms with Crippen LogP contribution in [0.2, 0.25) is 0 Å². The molecule has 1 aromatic heterocycles. The molecule has 0 aliphatic heterocycles. The zero-order chi connectivity index (χ0) is 15.0. The van der Waals surface area contributed by atoms with Crippen LogP contribution in [0.25, 0.3) is 11.0 Å². The quantitative estimate of drug-likeness (QED) is 0.875. The van der Waals surface area contributed by atoms with Crippen LogP contribution >= 0.6 is 12.2 Å². The maximum absolute atomic E-state index is 5.78. The van der Waals surface area contributed by atoms with Crippen molar-refractivity contribution in [3.63, 3.8) is 0 Å². The number of nitrogens with two attached hydrogens (primary N) is 1. The molecule has 112 valence electrons. The van der Waals surface area contributed by atoms with Gasteiger partial charge < -0.3 is 10.3 Å². The lowest BCUT2D eigenvalue weighted by Gasteiger charge is -2.33. The molecule has 1 fully saturated rings. The fraction of sp³-hybridized carbons (Fsp3) is 0.529. The molecule has 4 heteroatoms. The molecule has 0 bridgehead atoms. The Hall–Kier alpha value is -1.42. The second-order valence-corrected chi connectivity index (χ2v) is 7.13. The summed E-state index contributed by atoms with van der Waals surface area (Å²) in [5, 5.41) is 0. The highest BCUT2D eigenvalue weighted by Crippen LogP contribution is 2.38. The molecule has 3 nitrogen and oxygen atoms in total. The van der Waals surface area contributed by atoms with Gasteiger partial charge in [-0.2, -0.15) is 0 Å². The van der Waals surface area contributed by atoms with Gasteiger partial charge in [0.1, 0.15) is 5.82 Å². The van der Waals surface area contributed by atoms with Gasteiger partial charge in [0.2, 0.25) is 0 Å². The summed E-state index contributed by atoms with van der Waals surface area (Å²) in [7, 11) is 0. The van der Waals surface area contributed by atoms with Crippen LogP contribution < -0.4 is 5.73 Å². The van der Waals surface area contributed by atoms with Gasteiger partial charge >= 0.3 is 0 Å². The highest BCUT2D eigenvalue weighted by atomic mass is 32.1. The van der Waals surface area contributed by atoms with Crippen molar-refractivity contribution in [2.45, 2.75) is 45.6 Å². The summed E-state index contributed by atoms with van der Waals surface area (Å²) in [6.45, 7) is 4.71. The second-order valence-electron chi connectivity index (χ2n) is 6.60. The Morgan fingerprint density at radius 2 is 1.90 bits per heavy atom. The highest BCUT2D eigenvalue weighted by Gasteiger charge is 2.28. The first-order chi connectivity index (χ1) is 10.0. The van der Waals surface area contributed by atoms with E-state index in [9.17, 15) is 0 Å². The van der Waals surface area contributed by atoms with E-state index in [0.29, 0.717) is 17.5 Å². The Labute approximate surface area is 131 Å². The van der Waals surface area contributed by atoms with E-state index in [1.807, 2.05) is 6.07 Å². The van der Waals surface area contributed by atoms with E-state index in [4.69, 9.17) is 22.9 Å². The number of benzene rings is 1. The number of hydrogen-bond acceptors (Lipinski definition) is 2. The van der Waals surface area contributed by atoms with Crippen molar-refractivity contribution >= 4 is 28.2 Å². The summed E-state index contributed by atoms with van der Waals surface area (Å²) in [4.78, 5) is 5.29. The number of aromatic nitrogens is 2. The average molecular weight is 301 g/mol. The van der Waals surface area contributed by atoms with E-state index < -0.39 is 0 Å². The Balaban J connectivity index is 2.07. The third kappa shape index (κ3) is 2.95. The van der Waals surface area contributed by atoms with Gasteiger partial charge in [-0.3, -0.25) is 0 Å². The Morgan fingerprint density at radius 1 is 1.24 bits per heavy atom. The van der Waals surface area contributed by atoms with E-state index in [1.54, 1.807) is 0 Å². The summed E-state index contributed by atoms with van der Waals surface area (Å²) < 4.78 is 2.40. The van der Waals surface area contributed by atoms with Crippen LogP contribution in [0.3, 0.4) is 0 Å². The van der Waals surface area contributed by atoms with Crippen molar-refractivity contribution in [3.8, 4) is 0 Å². The number of para-hydroxylation sites is 2. The molecular weight excluding hydrogens is 278 g/mol. The molecule has 2 unspecified atom stereocenters. The molecule has 0 amide bonds. The Morgan fingerprint density at radius 3 is 2.57 bits per heavy atom. The van der Waals surface area contributed by atoms with E-state index in [-0.39, 0.29) is 0 Å². The monoisotopic (exact) mass is 301 g/mol. The average Bonchev–Trinajstić information content (AvgIpc) is 2.74. The summed E-state index contributed by atoms with van der Waals surface area (Å²) in [6.07, 6.45) is 4.35. The molecule has 1 heterocycles. The van der Waals surface area contributed by atoms with E-state index in [1.165, 1.54) is 24.8 Å². The van der Waals surface area contributed by atoms with Crippen LogP contribution in [0.4, 0.5) is 0 Å². The molecule has 2 atom stereocenters. The predicted octanol–water partition coefficient (Wildman–Crippen LogP) is 3.86. The predicted molar refractivity (Wildman–Crippen MR) is 91.4 cm³/mol. The lowest BCUT2D eigenvalue weighted by Crippen LogP contribution is -2.25. The van der Waals surface area contributed by atoms with Crippen LogP contribution in [0.1, 0.15) is 45.0 Å². The van der Waals surface area contributed by atoms with Crippen molar-refractivity contribution in [1.29, 1.82) is 0 Å². The molecule has 21 heavy (non-hydrogen) atoms. The lowest BCUT2D eigenvalue weighted by molar-refractivity contribution is 0.222. The van der Waals surface area contributed by atoms with Crippen molar-refractivity contribution in [3.05, 3.63) is 30.1 Å². The molecule has 2 aromatic rings. The molecule has 1 aliphatic carbocycles. The third-order valence-electron chi connectivity index (χ3n) is 4.52. The van der Waals surface area contributed by atoms with E-state index >= 15 is 0 Å². The lowest BCUT2D eigenvalue weighted by atomic mass is 9.80. The summed E-state index contributed by atoms with van der Waals surface area (Å²) in [6, 6.07) is 8.87. The van der Waals surface area contributed by atoms with Gasteiger partial charge in [0.05, 0.1) is 22.4 Å². The van der Waals surface area contributed by atoms with Gasteiger partial charge in [-0.25, -0.2) is 4.98 Å². The van der Waals surface area contributed by atoms with Gasteiger partial charge in [0, 0.05) is 6.04 Å². The van der Waals surface area contributed by atoms with Crippen LogP contribution in [0.15, 0.2) is 24.3 Å². The topological polar surface area (TPSA) is 43.8 Å². The Kier molecular flexibility index (Phi) is 3.98. The zero-order valence-electron chi connectivity index (χ0n) is 12.7. The highest BCUT2D eigenvalue weighted by molar-refractivity contribution is 7.80. The molecule has 0 spiro atoms. The molecule has 1 aromatic carbocycles. The minimum atomic E-state index is 0.514. The summed E-state index contributed by atoms with van der Waals surface area (Å²) in [5.41, 5.74) is 8.05. The molecule has 1 aliphatic rings. The summed E-state index contributed by atoms with van der Waals surface area (Å²) >= 11 is 5.11. The van der Waals surface area contributed by atoms with E-state index in [0.717, 1.165) is 23.2 Å². The van der Waals surface area contributed by atoms with Gasteiger partial charge in [-0.05, 0) is 43.2 Å². The fourth-order valence-electron chi connectivity index (χ4n) is 3.90. The smallest absolute Gasteiger partial charge is 0.116 e. The van der Waals surface area contributed by atoms with E-state index in [2.05, 4.69) is 36.6 Å². The minimum Gasteiger partial charge on any atom is -0.393 e. The molecule has 3 rings (SSSR count). The molecule has 1 saturated carbocycles. The summed E-state index contributed by atoms with van der Waals surface area (Å²) in [5.74, 6) is 2.55. The Bertz CT molecular complexity index is 651. The first kappa shape index (κ1) is 14.5. The van der Waals surface area contributed by atoms with Crippen LogP contribution in [-0.2, 0) is 6.42 Å². The van der Waals surface area contributed by atoms with Crippen LogP contribution in [-0.4, -0.2) is 14.5 Å². The maximum atomic E-state index is 5.78. The number of nitrogens with zero attached hydrogens (tertiary/aromatic N) is 2. The molecular formula is C17H23N3S. The normalized spacial score (nSPS) is 26.1. The molecule has 0 saturated heterocycles. The van der Waals surface area contributed by atoms with Gasteiger partial charge in [0.25, 0.3) is 0 Å². The van der Waals surface area contributed by atoms with Crippen molar-refractivity contribution < 1.29 is 0 Å². The fourth-order valence-corrected chi connectivity index (χ4v) is 4.03. The molecule has 0 radical (unpaired) electrons. The largest absolute Gasteiger partial charge is 0.393 e. The number of rotatable bonds is 3. The first-order valence-corrected chi connectivity index (χ1v) is 8.19. The SMILES string of the molecule is CC1CC(C)CC(n2c(CC(N)=S)nc3ccccc32)C1. The third-order valence-corrected chi connectivity index (χ3v) is 4.66. The second kappa shape index (κ2) is 5.76. The minimum absolute atomic E-state index is 0.514. The zero-order valence-corrected chi connectivity index (χ0v) is 13.6. The van der Waals surface area contributed by atoms with Gasteiger partial charge in [-0.15, -0.1) is 0 Å². The van der Waals surface area contributed by atoms with Crippen molar-refractivity contribution in [2.24, 2.45) is 17.6 Å². The first-order valence-electron chi connectivity index (χ1n) is 7.78. The molecule has 2 N–H and O–H groups in total. The van der Waals surface area contributed by atoms with Gasteiger partial charge in [0.15, 0.2) is 0 Å². The maximum Gasteiger partial charge on any atom is 0.116 e. The standard InChI is InChI=1S/C17H23N3S/c1-11-7-12(2)9-13(8-11)20-15-6-4-3-5-14(15)19-17(20)10-16(18)21/h3-6,11-13H,7-10H2,1-2H3,(H2,18,21). The number of thiocarbonyl (C=S) groups is 1. The number of hydrogen-bond donors (Lipinski definition) is 1. The van der Waals surface area contributed by atoms with Crippen LogP contribution in [0, 0.1) is 11.8 Å². The number of imidazole rings is 1. The van der Waals surface area contributed by atoms with Crippen molar-refractivity contribution in [1.82, 2.24) is 9.55 Å². The van der Waals surface area contributed by atoms with Crippen LogP contribution in [0.5, 0.6) is 0 Å². The van der Waals surface area contributed by atoms with Crippen molar-refractivity contribution in [2.75, 3.05) is 0 Å². The number of fused-ring (bicyclic) bond motifs is 1.